The molecule has 0 amide bonds. The SMILES string of the molecule is CCCC(N)CC(=O)c1c(F)ccc(Br)c1F. The molecule has 2 N–H and O–H groups in total. The summed E-state index contributed by atoms with van der Waals surface area (Å²) in [5.41, 5.74) is 5.17. The molecular weight excluding hydrogens is 292 g/mol. The van der Waals surface area contributed by atoms with E-state index in [1.165, 1.54) is 6.07 Å². The van der Waals surface area contributed by atoms with Crippen molar-refractivity contribution in [2.45, 2.75) is 32.2 Å². The van der Waals surface area contributed by atoms with Crippen LogP contribution in [0, 0.1) is 11.6 Å². The Hall–Kier alpha value is -0.810. The zero-order chi connectivity index (χ0) is 13.0. The van der Waals surface area contributed by atoms with E-state index in [-0.39, 0.29) is 16.9 Å². The summed E-state index contributed by atoms with van der Waals surface area (Å²) in [5, 5.41) is 0. The van der Waals surface area contributed by atoms with Gasteiger partial charge in [0.2, 0.25) is 0 Å². The first-order valence-electron chi connectivity index (χ1n) is 5.39. The molecule has 0 aliphatic rings. The van der Waals surface area contributed by atoms with Crippen LogP contribution in [0.2, 0.25) is 0 Å². The van der Waals surface area contributed by atoms with E-state index in [1.807, 2.05) is 6.92 Å². The van der Waals surface area contributed by atoms with E-state index >= 15 is 0 Å². The average Bonchev–Trinajstić information content (AvgIpc) is 2.24. The first-order valence-corrected chi connectivity index (χ1v) is 6.19. The Kier molecular flexibility index (Phi) is 5.21. The van der Waals surface area contributed by atoms with Gasteiger partial charge in [-0.15, -0.1) is 0 Å². The number of nitrogens with two attached hydrogens (primary N) is 1. The predicted molar refractivity (Wildman–Crippen MR) is 65.9 cm³/mol. The van der Waals surface area contributed by atoms with Gasteiger partial charge in [-0.25, -0.2) is 8.78 Å². The molecule has 0 aliphatic heterocycles. The van der Waals surface area contributed by atoms with E-state index in [9.17, 15) is 13.6 Å². The number of carbonyl (C=O) groups excluding carboxylic acids is 1. The number of ketones is 1. The average molecular weight is 306 g/mol. The Labute approximate surface area is 107 Å². The topological polar surface area (TPSA) is 43.1 Å². The maximum Gasteiger partial charge on any atom is 0.170 e. The summed E-state index contributed by atoms with van der Waals surface area (Å²) in [7, 11) is 0. The van der Waals surface area contributed by atoms with Crippen molar-refractivity contribution in [3.8, 4) is 0 Å². The monoisotopic (exact) mass is 305 g/mol. The van der Waals surface area contributed by atoms with Crippen LogP contribution in [0.4, 0.5) is 8.78 Å². The van der Waals surface area contributed by atoms with E-state index in [0.717, 1.165) is 12.5 Å². The number of benzene rings is 1. The number of Topliss-reactive ketones (excluding diaryl/α,β-unsaturated/α-hetero) is 1. The van der Waals surface area contributed by atoms with Crippen LogP contribution in [0.1, 0.15) is 36.5 Å². The van der Waals surface area contributed by atoms with Crippen LogP contribution < -0.4 is 5.73 Å². The minimum atomic E-state index is -0.862. The molecule has 0 aromatic heterocycles. The Bertz CT molecular complexity index is 423. The lowest BCUT2D eigenvalue weighted by molar-refractivity contribution is 0.0965. The molecule has 1 unspecified atom stereocenters. The predicted octanol–water partition coefficient (Wildman–Crippen LogP) is 3.43. The maximum atomic E-state index is 13.6. The van der Waals surface area contributed by atoms with Gasteiger partial charge in [-0.1, -0.05) is 13.3 Å². The van der Waals surface area contributed by atoms with Crippen LogP contribution in [0.5, 0.6) is 0 Å². The Balaban J connectivity index is 2.93. The van der Waals surface area contributed by atoms with Gasteiger partial charge in [0.15, 0.2) is 11.6 Å². The molecule has 1 rings (SSSR count). The quantitative estimate of drug-likeness (QED) is 0.669. The third kappa shape index (κ3) is 3.57. The van der Waals surface area contributed by atoms with Gasteiger partial charge in [-0.2, -0.15) is 0 Å². The number of hydrogen-bond acceptors (Lipinski definition) is 2. The number of rotatable bonds is 5. The summed E-state index contributed by atoms with van der Waals surface area (Å²) in [6.07, 6.45) is 1.44. The van der Waals surface area contributed by atoms with E-state index in [4.69, 9.17) is 5.73 Å². The lowest BCUT2D eigenvalue weighted by Crippen LogP contribution is -2.24. The summed E-state index contributed by atoms with van der Waals surface area (Å²) < 4.78 is 27.1. The van der Waals surface area contributed by atoms with Crippen LogP contribution in [-0.2, 0) is 0 Å². The third-order valence-electron chi connectivity index (χ3n) is 2.43. The van der Waals surface area contributed by atoms with Gasteiger partial charge in [-0.3, -0.25) is 4.79 Å². The standard InChI is InChI=1S/C12H14BrF2NO/c1-2-3-7(16)6-10(17)11-9(14)5-4-8(13)12(11)15/h4-5,7H,2-3,6,16H2,1H3. The summed E-state index contributed by atoms with van der Waals surface area (Å²) in [6, 6.07) is 1.93. The summed E-state index contributed by atoms with van der Waals surface area (Å²) in [4.78, 5) is 11.7. The van der Waals surface area contributed by atoms with Crippen LogP contribution in [0.25, 0.3) is 0 Å². The highest BCUT2D eigenvalue weighted by atomic mass is 79.9. The first kappa shape index (κ1) is 14.3. The molecule has 0 spiro atoms. The van der Waals surface area contributed by atoms with Crippen molar-refractivity contribution in [2.75, 3.05) is 0 Å². The highest BCUT2D eigenvalue weighted by molar-refractivity contribution is 9.10. The molecule has 1 aromatic carbocycles. The second-order valence-electron chi connectivity index (χ2n) is 3.89. The van der Waals surface area contributed by atoms with Gasteiger partial charge in [0.05, 0.1) is 10.0 Å². The molecule has 0 aliphatic carbocycles. The Morgan fingerprint density at radius 2 is 2.12 bits per heavy atom. The highest BCUT2D eigenvalue weighted by Gasteiger charge is 2.21. The largest absolute Gasteiger partial charge is 0.327 e. The second kappa shape index (κ2) is 6.21. The fourth-order valence-electron chi connectivity index (χ4n) is 1.60. The molecular formula is C12H14BrF2NO. The molecule has 1 atom stereocenters. The van der Waals surface area contributed by atoms with Gasteiger partial charge in [0, 0.05) is 12.5 Å². The molecule has 0 radical (unpaired) electrons. The number of carbonyl (C=O) groups is 1. The molecule has 94 valence electrons. The van der Waals surface area contributed by atoms with E-state index in [2.05, 4.69) is 15.9 Å². The zero-order valence-electron chi connectivity index (χ0n) is 9.47. The Morgan fingerprint density at radius 3 is 2.71 bits per heavy atom. The van der Waals surface area contributed by atoms with Crippen molar-refractivity contribution in [1.82, 2.24) is 0 Å². The van der Waals surface area contributed by atoms with Crippen molar-refractivity contribution >= 4 is 21.7 Å². The van der Waals surface area contributed by atoms with Gasteiger partial charge >= 0.3 is 0 Å². The number of halogens is 3. The van der Waals surface area contributed by atoms with Gasteiger partial charge < -0.3 is 5.73 Å². The molecule has 0 heterocycles. The minimum absolute atomic E-state index is 0.0435. The highest BCUT2D eigenvalue weighted by Crippen LogP contribution is 2.23. The maximum absolute atomic E-state index is 13.6. The lowest BCUT2D eigenvalue weighted by Gasteiger charge is -2.10. The van der Waals surface area contributed by atoms with Gasteiger partial charge in [0.1, 0.15) is 5.82 Å². The van der Waals surface area contributed by atoms with Crippen LogP contribution in [0.3, 0.4) is 0 Å². The smallest absolute Gasteiger partial charge is 0.170 e. The molecule has 5 heteroatoms. The summed E-state index contributed by atoms with van der Waals surface area (Å²) in [6.45, 7) is 1.94. The van der Waals surface area contributed by atoms with Crippen molar-refractivity contribution in [3.05, 3.63) is 33.8 Å². The number of hydrogen-bond donors (Lipinski definition) is 1. The normalized spacial score (nSPS) is 12.5. The molecule has 0 saturated carbocycles. The Morgan fingerprint density at radius 1 is 1.47 bits per heavy atom. The van der Waals surface area contributed by atoms with Gasteiger partial charge in [-0.05, 0) is 34.5 Å². The second-order valence-corrected chi connectivity index (χ2v) is 4.75. The zero-order valence-corrected chi connectivity index (χ0v) is 11.1. The van der Waals surface area contributed by atoms with Gasteiger partial charge in [0.25, 0.3) is 0 Å². The molecule has 1 aromatic rings. The third-order valence-corrected chi connectivity index (χ3v) is 3.04. The van der Waals surface area contributed by atoms with Crippen LogP contribution >= 0.6 is 15.9 Å². The molecule has 2 nitrogen and oxygen atoms in total. The van der Waals surface area contributed by atoms with Crippen LogP contribution in [0.15, 0.2) is 16.6 Å². The molecule has 0 fully saturated rings. The van der Waals surface area contributed by atoms with Crippen molar-refractivity contribution in [3.63, 3.8) is 0 Å². The fraction of sp³-hybridized carbons (Fsp3) is 0.417. The summed E-state index contributed by atoms with van der Waals surface area (Å²) in [5.74, 6) is -2.31. The van der Waals surface area contributed by atoms with Crippen molar-refractivity contribution in [2.24, 2.45) is 5.73 Å². The minimum Gasteiger partial charge on any atom is -0.327 e. The molecule has 17 heavy (non-hydrogen) atoms. The van der Waals surface area contributed by atoms with Crippen molar-refractivity contribution < 1.29 is 13.6 Å². The van der Waals surface area contributed by atoms with E-state index < -0.39 is 23.0 Å². The van der Waals surface area contributed by atoms with E-state index in [0.29, 0.717) is 6.42 Å². The molecule has 0 saturated heterocycles. The summed E-state index contributed by atoms with van der Waals surface area (Å²) >= 11 is 2.92. The van der Waals surface area contributed by atoms with E-state index in [1.54, 1.807) is 0 Å². The van der Waals surface area contributed by atoms with Crippen LogP contribution in [-0.4, -0.2) is 11.8 Å². The fourth-order valence-corrected chi connectivity index (χ4v) is 1.93. The molecule has 0 bridgehead atoms. The lowest BCUT2D eigenvalue weighted by atomic mass is 10.0. The first-order chi connectivity index (χ1) is 7.97. The van der Waals surface area contributed by atoms with Crippen molar-refractivity contribution in [1.29, 1.82) is 0 Å².